The summed E-state index contributed by atoms with van der Waals surface area (Å²) in [6.07, 6.45) is 1.38. The van der Waals surface area contributed by atoms with Gasteiger partial charge in [0.2, 0.25) is 11.5 Å². The number of nitriles is 1. The molecule has 1 amide bonds. The van der Waals surface area contributed by atoms with Crippen molar-refractivity contribution in [1.82, 2.24) is 15.7 Å². The van der Waals surface area contributed by atoms with Gasteiger partial charge in [0.25, 0.3) is 5.91 Å². The number of hydrogen-bond acceptors (Lipinski definition) is 9. The molecule has 0 atom stereocenters. The van der Waals surface area contributed by atoms with Crippen LogP contribution in [0.5, 0.6) is 11.5 Å². The third-order valence-electron chi connectivity index (χ3n) is 2.64. The molecule has 0 fully saturated rings. The molecule has 0 saturated heterocycles. The number of benzene rings is 1. The molecule has 124 valence electrons. The molecule has 1 aromatic carbocycles. The molecule has 3 N–H and O–H groups in total. The average Bonchev–Trinajstić information content (AvgIpc) is 2.99. The van der Waals surface area contributed by atoms with Crippen molar-refractivity contribution in [3.8, 4) is 17.6 Å². The van der Waals surface area contributed by atoms with Crippen molar-refractivity contribution in [1.29, 1.82) is 5.26 Å². The largest absolute Gasteiger partial charge is 0.493 e. The van der Waals surface area contributed by atoms with Crippen LogP contribution in [0, 0.1) is 11.3 Å². The van der Waals surface area contributed by atoms with Crippen LogP contribution in [-0.2, 0) is 0 Å². The molecule has 24 heavy (non-hydrogen) atoms. The van der Waals surface area contributed by atoms with E-state index in [0.29, 0.717) is 21.5 Å². The van der Waals surface area contributed by atoms with Gasteiger partial charge in [-0.25, -0.2) is 10.1 Å². The number of aromatic nitrogens is 2. The summed E-state index contributed by atoms with van der Waals surface area (Å²) in [4.78, 5) is 11.7. The second-order valence-electron chi connectivity index (χ2n) is 4.18. The number of anilines is 1. The number of rotatable bonds is 6. The highest BCUT2D eigenvalue weighted by atomic mass is 79.9. The quantitative estimate of drug-likeness (QED) is 0.545. The molecule has 2 aromatic rings. The second-order valence-corrected chi connectivity index (χ2v) is 5.03. The number of carbonyl (C=O) groups excluding carboxylic acids is 1. The molecule has 2 rings (SSSR count). The molecule has 0 aliphatic rings. The highest BCUT2D eigenvalue weighted by Crippen LogP contribution is 2.36. The molecule has 0 unspecified atom stereocenters. The van der Waals surface area contributed by atoms with Crippen molar-refractivity contribution in [3.05, 3.63) is 27.9 Å². The van der Waals surface area contributed by atoms with Gasteiger partial charge in [-0.1, -0.05) is 0 Å². The zero-order chi connectivity index (χ0) is 17.5. The summed E-state index contributed by atoms with van der Waals surface area (Å²) in [7, 11) is 1.46. The van der Waals surface area contributed by atoms with Gasteiger partial charge in [0.05, 0.1) is 17.8 Å². The van der Waals surface area contributed by atoms with Gasteiger partial charge in [-0.3, -0.25) is 4.79 Å². The first-order valence-corrected chi connectivity index (χ1v) is 7.14. The van der Waals surface area contributed by atoms with E-state index in [1.54, 1.807) is 12.1 Å². The van der Waals surface area contributed by atoms with Crippen molar-refractivity contribution >= 4 is 33.9 Å². The third-order valence-corrected chi connectivity index (χ3v) is 3.23. The van der Waals surface area contributed by atoms with Gasteiger partial charge < -0.3 is 15.2 Å². The molecule has 0 saturated carbocycles. The highest BCUT2D eigenvalue weighted by Gasteiger charge is 2.15. The Labute approximate surface area is 144 Å². The first kappa shape index (κ1) is 17.2. The third kappa shape index (κ3) is 3.99. The summed E-state index contributed by atoms with van der Waals surface area (Å²) in [5.74, 6) is -0.00450. The number of nitrogens with one attached hydrogen (secondary N) is 1. The fourth-order valence-electron chi connectivity index (χ4n) is 1.63. The number of carbonyl (C=O) groups is 1. The number of halogens is 1. The van der Waals surface area contributed by atoms with E-state index in [9.17, 15) is 4.79 Å². The van der Waals surface area contributed by atoms with Crippen LogP contribution in [0.15, 0.2) is 26.3 Å². The summed E-state index contributed by atoms with van der Waals surface area (Å²) in [6, 6.07) is 5.17. The molecule has 0 aliphatic heterocycles. The molecule has 1 heterocycles. The first-order valence-electron chi connectivity index (χ1n) is 6.35. The summed E-state index contributed by atoms with van der Waals surface area (Å²) in [6.45, 7) is -0.119. The minimum Gasteiger partial charge on any atom is -0.493 e. The number of hydrogen-bond donors (Lipinski definition) is 2. The molecular weight excluding hydrogens is 384 g/mol. The van der Waals surface area contributed by atoms with E-state index in [-0.39, 0.29) is 18.1 Å². The van der Waals surface area contributed by atoms with Crippen molar-refractivity contribution in [2.24, 2.45) is 5.10 Å². The van der Waals surface area contributed by atoms with Gasteiger partial charge in [-0.2, -0.15) is 10.4 Å². The Morgan fingerprint density at radius 2 is 2.38 bits per heavy atom. The second kappa shape index (κ2) is 7.93. The normalized spacial score (nSPS) is 10.4. The van der Waals surface area contributed by atoms with Crippen LogP contribution in [0.4, 0.5) is 5.82 Å². The number of nitrogen functional groups attached to an aromatic ring is 1. The highest BCUT2D eigenvalue weighted by molar-refractivity contribution is 9.10. The molecule has 0 aliphatic carbocycles. The monoisotopic (exact) mass is 394 g/mol. The zero-order valence-corrected chi connectivity index (χ0v) is 13.9. The van der Waals surface area contributed by atoms with Gasteiger partial charge in [-0.15, -0.1) is 0 Å². The molecule has 0 bridgehead atoms. The smallest absolute Gasteiger partial charge is 0.297 e. The fourth-order valence-corrected chi connectivity index (χ4v) is 2.20. The van der Waals surface area contributed by atoms with Gasteiger partial charge in [0.1, 0.15) is 6.07 Å². The Bertz CT molecular complexity index is 813. The van der Waals surface area contributed by atoms with E-state index in [2.05, 4.69) is 41.4 Å². The van der Waals surface area contributed by atoms with Crippen LogP contribution in [0.25, 0.3) is 0 Å². The molecule has 1 aromatic heterocycles. The summed E-state index contributed by atoms with van der Waals surface area (Å²) in [5, 5.41) is 19.0. The Morgan fingerprint density at radius 3 is 3.00 bits per heavy atom. The van der Waals surface area contributed by atoms with Crippen molar-refractivity contribution < 1.29 is 18.9 Å². The maximum Gasteiger partial charge on any atom is 0.297 e. The van der Waals surface area contributed by atoms with Crippen LogP contribution in [0.2, 0.25) is 0 Å². The number of hydrazone groups is 1. The lowest BCUT2D eigenvalue weighted by atomic mass is 10.2. The number of ether oxygens (including phenoxy) is 2. The maximum atomic E-state index is 11.7. The SMILES string of the molecule is COc1cc(/C=N\NC(=O)c2nonc2N)cc(Br)c1OCC#N. The Kier molecular flexibility index (Phi) is 5.69. The zero-order valence-electron chi connectivity index (χ0n) is 12.3. The molecular formula is C13H11BrN6O4. The topological polar surface area (TPSA) is 149 Å². The predicted molar refractivity (Wildman–Crippen MR) is 85.6 cm³/mol. The van der Waals surface area contributed by atoms with E-state index < -0.39 is 5.91 Å². The minimum atomic E-state index is -0.662. The van der Waals surface area contributed by atoms with Crippen LogP contribution in [-0.4, -0.2) is 36.2 Å². The molecule has 0 spiro atoms. The van der Waals surface area contributed by atoms with Crippen LogP contribution >= 0.6 is 15.9 Å². The molecule has 11 heteroatoms. The number of methoxy groups -OCH3 is 1. The van der Waals surface area contributed by atoms with Crippen molar-refractivity contribution in [2.75, 3.05) is 19.5 Å². The number of nitrogens with two attached hydrogens (primary N) is 1. The lowest BCUT2D eigenvalue weighted by molar-refractivity contribution is 0.0946. The fraction of sp³-hybridized carbons (Fsp3) is 0.154. The molecule has 0 radical (unpaired) electrons. The van der Waals surface area contributed by atoms with E-state index in [0.717, 1.165) is 0 Å². The van der Waals surface area contributed by atoms with E-state index >= 15 is 0 Å². The minimum absolute atomic E-state index is 0.119. The summed E-state index contributed by atoms with van der Waals surface area (Å²) in [5.41, 5.74) is 8.08. The molecule has 10 nitrogen and oxygen atoms in total. The standard InChI is InChI=1S/C13H11BrN6O4/c1-22-9-5-7(4-8(14)11(9)23-3-2-15)6-17-18-13(21)10-12(16)20-24-19-10/h4-6H,3H2,1H3,(H2,16,20)(H,18,21)/b17-6-. The van der Waals surface area contributed by atoms with Crippen molar-refractivity contribution in [2.45, 2.75) is 0 Å². The number of nitrogens with zero attached hydrogens (tertiary/aromatic N) is 4. The van der Waals surface area contributed by atoms with E-state index in [1.807, 2.05) is 6.07 Å². The Balaban J connectivity index is 2.12. The van der Waals surface area contributed by atoms with Gasteiger partial charge in [-0.05, 0) is 43.9 Å². The predicted octanol–water partition coefficient (Wildman–Crippen LogP) is 1.09. The van der Waals surface area contributed by atoms with Gasteiger partial charge >= 0.3 is 0 Å². The van der Waals surface area contributed by atoms with Crippen LogP contribution < -0.4 is 20.6 Å². The average molecular weight is 395 g/mol. The van der Waals surface area contributed by atoms with Crippen LogP contribution in [0.1, 0.15) is 16.1 Å². The van der Waals surface area contributed by atoms with Gasteiger partial charge in [0.15, 0.2) is 18.1 Å². The Hall–Kier alpha value is -3.13. The summed E-state index contributed by atoms with van der Waals surface area (Å²) >= 11 is 3.32. The lowest BCUT2D eigenvalue weighted by Crippen LogP contribution is -2.19. The Morgan fingerprint density at radius 1 is 1.58 bits per heavy atom. The van der Waals surface area contributed by atoms with Crippen molar-refractivity contribution in [3.63, 3.8) is 0 Å². The summed E-state index contributed by atoms with van der Waals surface area (Å²) < 4.78 is 15.4. The van der Waals surface area contributed by atoms with Gasteiger partial charge in [0, 0.05) is 0 Å². The lowest BCUT2D eigenvalue weighted by Gasteiger charge is -2.11. The van der Waals surface area contributed by atoms with Crippen LogP contribution in [0.3, 0.4) is 0 Å². The number of amides is 1. The first-order chi connectivity index (χ1) is 11.6. The maximum absolute atomic E-state index is 11.7. The van der Waals surface area contributed by atoms with E-state index in [4.69, 9.17) is 20.5 Å². The van der Waals surface area contributed by atoms with E-state index in [1.165, 1.54) is 13.3 Å².